The molecule has 0 unspecified atom stereocenters. The summed E-state index contributed by atoms with van der Waals surface area (Å²) in [6, 6.07) is 12.6. The van der Waals surface area contributed by atoms with E-state index in [4.69, 9.17) is 10.5 Å². The minimum absolute atomic E-state index is 0.170. The molecule has 2 aromatic carbocycles. The average Bonchev–Trinajstić information content (AvgIpc) is 2.43. The number of hydrogen-bond donors (Lipinski definition) is 1. The summed E-state index contributed by atoms with van der Waals surface area (Å²) < 4.78 is 18.7. The number of para-hydroxylation sites is 2. The van der Waals surface area contributed by atoms with Crippen LogP contribution in [-0.4, -0.2) is 14.2 Å². The summed E-state index contributed by atoms with van der Waals surface area (Å²) >= 11 is 0. The maximum Gasteiger partial charge on any atom is 0.146 e. The van der Waals surface area contributed by atoms with Gasteiger partial charge in [-0.15, -0.1) is 0 Å². The second kappa shape index (κ2) is 5.61. The topological polar surface area (TPSA) is 38.5 Å². The Morgan fingerprint density at radius 3 is 2.63 bits per heavy atom. The van der Waals surface area contributed by atoms with E-state index in [9.17, 15) is 4.39 Å². The van der Waals surface area contributed by atoms with Crippen molar-refractivity contribution in [2.24, 2.45) is 0 Å². The number of nitrogen functional groups attached to an aromatic ring is 1. The summed E-state index contributed by atoms with van der Waals surface area (Å²) in [7, 11) is 3.57. The molecule has 0 radical (unpaired) electrons. The molecule has 0 amide bonds. The van der Waals surface area contributed by atoms with Gasteiger partial charge in [-0.3, -0.25) is 0 Å². The molecule has 0 spiro atoms. The molecule has 19 heavy (non-hydrogen) atoms. The van der Waals surface area contributed by atoms with E-state index in [1.807, 2.05) is 42.3 Å². The Labute approximate surface area is 112 Å². The van der Waals surface area contributed by atoms with Crippen LogP contribution in [0.3, 0.4) is 0 Å². The van der Waals surface area contributed by atoms with E-state index in [0.29, 0.717) is 6.54 Å². The van der Waals surface area contributed by atoms with E-state index in [-0.39, 0.29) is 11.5 Å². The highest BCUT2D eigenvalue weighted by molar-refractivity contribution is 5.58. The van der Waals surface area contributed by atoms with Crippen LogP contribution in [0.5, 0.6) is 5.75 Å². The van der Waals surface area contributed by atoms with Crippen molar-refractivity contribution in [3.05, 3.63) is 53.8 Å². The van der Waals surface area contributed by atoms with Gasteiger partial charge in [-0.1, -0.05) is 18.2 Å². The minimum Gasteiger partial charge on any atom is -0.495 e. The first-order valence-electron chi connectivity index (χ1n) is 6.00. The molecule has 2 rings (SSSR count). The maximum absolute atomic E-state index is 13.4. The van der Waals surface area contributed by atoms with Crippen LogP contribution >= 0.6 is 0 Å². The van der Waals surface area contributed by atoms with E-state index >= 15 is 0 Å². The number of anilines is 2. The number of rotatable bonds is 4. The van der Waals surface area contributed by atoms with Crippen molar-refractivity contribution in [1.82, 2.24) is 0 Å². The number of methoxy groups -OCH3 is 1. The lowest BCUT2D eigenvalue weighted by Crippen LogP contribution is -2.17. The Bertz CT molecular complexity index is 572. The first-order chi connectivity index (χ1) is 9.11. The summed E-state index contributed by atoms with van der Waals surface area (Å²) in [4.78, 5) is 2.00. The van der Waals surface area contributed by atoms with Crippen molar-refractivity contribution in [1.29, 1.82) is 0 Å². The Morgan fingerprint density at radius 1 is 1.21 bits per heavy atom. The predicted molar refractivity (Wildman–Crippen MR) is 75.9 cm³/mol. The van der Waals surface area contributed by atoms with Crippen LogP contribution in [0.4, 0.5) is 15.8 Å². The summed E-state index contributed by atoms with van der Waals surface area (Å²) in [6.07, 6.45) is 0. The molecule has 2 aromatic rings. The van der Waals surface area contributed by atoms with Crippen molar-refractivity contribution in [3.63, 3.8) is 0 Å². The minimum atomic E-state index is -0.383. The maximum atomic E-state index is 13.4. The van der Waals surface area contributed by atoms with Crippen LogP contribution in [-0.2, 0) is 6.54 Å². The lowest BCUT2D eigenvalue weighted by Gasteiger charge is -2.21. The lowest BCUT2D eigenvalue weighted by molar-refractivity contribution is 0.415. The number of halogens is 1. The smallest absolute Gasteiger partial charge is 0.146 e. The van der Waals surface area contributed by atoms with Crippen LogP contribution in [0.15, 0.2) is 42.5 Å². The van der Waals surface area contributed by atoms with Crippen molar-refractivity contribution < 1.29 is 9.13 Å². The van der Waals surface area contributed by atoms with Gasteiger partial charge in [-0.05, 0) is 29.8 Å². The van der Waals surface area contributed by atoms with E-state index < -0.39 is 0 Å². The zero-order valence-corrected chi connectivity index (χ0v) is 11.1. The fraction of sp³-hybridized carbons (Fsp3) is 0.200. The van der Waals surface area contributed by atoms with Crippen LogP contribution in [0.1, 0.15) is 5.56 Å². The van der Waals surface area contributed by atoms with Gasteiger partial charge in [-0.25, -0.2) is 4.39 Å². The largest absolute Gasteiger partial charge is 0.495 e. The van der Waals surface area contributed by atoms with Gasteiger partial charge in [0.2, 0.25) is 0 Å². The highest BCUT2D eigenvalue weighted by atomic mass is 19.1. The second-order valence-corrected chi connectivity index (χ2v) is 4.38. The van der Waals surface area contributed by atoms with Crippen LogP contribution in [0, 0.1) is 5.82 Å². The summed E-state index contributed by atoms with van der Waals surface area (Å²) in [5.74, 6) is 0.409. The fourth-order valence-electron chi connectivity index (χ4n) is 1.97. The molecular weight excluding hydrogens is 243 g/mol. The van der Waals surface area contributed by atoms with Gasteiger partial charge >= 0.3 is 0 Å². The zero-order valence-electron chi connectivity index (χ0n) is 11.1. The fourth-order valence-corrected chi connectivity index (χ4v) is 1.97. The molecule has 0 aromatic heterocycles. The molecule has 0 aliphatic carbocycles. The Morgan fingerprint density at radius 2 is 1.95 bits per heavy atom. The van der Waals surface area contributed by atoms with Crippen LogP contribution in [0.25, 0.3) is 0 Å². The molecule has 0 bridgehead atoms. The SMILES string of the molecule is COc1ccccc1N(C)Cc1ccc(N)c(F)c1. The van der Waals surface area contributed by atoms with E-state index in [0.717, 1.165) is 17.0 Å². The highest BCUT2D eigenvalue weighted by Crippen LogP contribution is 2.27. The summed E-state index contributed by atoms with van der Waals surface area (Å²) in [6.45, 7) is 0.581. The van der Waals surface area contributed by atoms with Crippen LogP contribution in [0.2, 0.25) is 0 Å². The number of nitrogens with two attached hydrogens (primary N) is 1. The van der Waals surface area contributed by atoms with Gasteiger partial charge in [0, 0.05) is 13.6 Å². The standard InChI is InChI=1S/C15H17FN2O/c1-18(14-5-3-4-6-15(14)19-2)10-11-7-8-13(17)12(16)9-11/h3-9H,10,17H2,1-2H3. The zero-order chi connectivity index (χ0) is 13.8. The van der Waals surface area contributed by atoms with Gasteiger partial charge in [0.15, 0.2) is 0 Å². The van der Waals surface area contributed by atoms with Crippen molar-refractivity contribution >= 4 is 11.4 Å². The average molecular weight is 260 g/mol. The quantitative estimate of drug-likeness (QED) is 0.859. The van der Waals surface area contributed by atoms with E-state index in [1.165, 1.54) is 6.07 Å². The third kappa shape index (κ3) is 2.96. The van der Waals surface area contributed by atoms with Crippen molar-refractivity contribution in [2.45, 2.75) is 6.54 Å². The van der Waals surface area contributed by atoms with E-state index in [2.05, 4.69) is 0 Å². The summed E-state index contributed by atoms with van der Waals surface area (Å²) in [5, 5.41) is 0. The molecule has 0 fully saturated rings. The third-order valence-electron chi connectivity index (χ3n) is 2.98. The first-order valence-corrected chi connectivity index (χ1v) is 6.00. The first kappa shape index (κ1) is 13.2. The van der Waals surface area contributed by atoms with Crippen molar-refractivity contribution in [3.8, 4) is 5.75 Å². The number of benzene rings is 2. The van der Waals surface area contributed by atoms with Gasteiger partial charge < -0.3 is 15.4 Å². The molecule has 0 atom stereocenters. The normalized spacial score (nSPS) is 10.3. The van der Waals surface area contributed by atoms with Crippen LogP contribution < -0.4 is 15.4 Å². The Kier molecular flexibility index (Phi) is 3.90. The molecule has 0 saturated carbocycles. The molecule has 0 saturated heterocycles. The molecule has 2 N–H and O–H groups in total. The molecular formula is C15H17FN2O. The van der Waals surface area contributed by atoms with Gasteiger partial charge in [0.1, 0.15) is 11.6 Å². The molecule has 4 heteroatoms. The number of hydrogen-bond acceptors (Lipinski definition) is 3. The predicted octanol–water partition coefficient (Wildman–Crippen LogP) is 3.05. The van der Waals surface area contributed by atoms with E-state index in [1.54, 1.807) is 13.2 Å². The highest BCUT2D eigenvalue weighted by Gasteiger charge is 2.08. The molecule has 0 aliphatic rings. The molecule has 0 heterocycles. The Hall–Kier alpha value is -2.23. The molecule has 3 nitrogen and oxygen atoms in total. The molecule has 0 aliphatic heterocycles. The third-order valence-corrected chi connectivity index (χ3v) is 2.98. The number of ether oxygens (including phenoxy) is 1. The summed E-state index contributed by atoms with van der Waals surface area (Å²) in [5.41, 5.74) is 7.46. The monoisotopic (exact) mass is 260 g/mol. The Balaban J connectivity index is 2.20. The van der Waals surface area contributed by atoms with Gasteiger partial charge in [0.05, 0.1) is 18.5 Å². The number of nitrogens with zero attached hydrogens (tertiary/aromatic N) is 1. The van der Waals surface area contributed by atoms with Gasteiger partial charge in [-0.2, -0.15) is 0 Å². The van der Waals surface area contributed by atoms with Gasteiger partial charge in [0.25, 0.3) is 0 Å². The molecule has 100 valence electrons. The van der Waals surface area contributed by atoms with Crippen molar-refractivity contribution in [2.75, 3.05) is 24.8 Å². The second-order valence-electron chi connectivity index (χ2n) is 4.38. The lowest BCUT2D eigenvalue weighted by atomic mass is 10.1.